The van der Waals surface area contributed by atoms with Crippen LogP contribution in [0.1, 0.15) is 45.2 Å². The van der Waals surface area contributed by atoms with Crippen LogP contribution in [-0.2, 0) is 12.6 Å². The summed E-state index contributed by atoms with van der Waals surface area (Å²) < 4.78 is 1.82. The molecule has 1 aromatic heterocycles. The SMILES string of the molecule is CC(C)C1CCCCC1(O)c1ccnn1C. The molecule has 0 saturated heterocycles. The lowest BCUT2D eigenvalue weighted by Gasteiger charge is -2.42. The molecule has 0 aliphatic heterocycles. The number of rotatable bonds is 2. The average molecular weight is 222 g/mol. The minimum Gasteiger partial charge on any atom is -0.383 e. The molecule has 0 radical (unpaired) electrons. The lowest BCUT2D eigenvalue weighted by Crippen LogP contribution is -2.42. The lowest BCUT2D eigenvalue weighted by atomic mass is 9.68. The summed E-state index contributed by atoms with van der Waals surface area (Å²) >= 11 is 0. The van der Waals surface area contributed by atoms with Crippen molar-refractivity contribution in [2.45, 2.75) is 45.1 Å². The van der Waals surface area contributed by atoms with Crippen molar-refractivity contribution in [2.24, 2.45) is 18.9 Å². The van der Waals surface area contributed by atoms with Crippen molar-refractivity contribution < 1.29 is 5.11 Å². The Morgan fingerprint density at radius 3 is 2.81 bits per heavy atom. The van der Waals surface area contributed by atoms with Crippen molar-refractivity contribution in [2.75, 3.05) is 0 Å². The number of aromatic nitrogens is 2. The second-order valence-electron chi connectivity index (χ2n) is 5.36. The molecule has 0 amide bonds. The highest BCUT2D eigenvalue weighted by molar-refractivity contribution is 5.15. The van der Waals surface area contributed by atoms with E-state index < -0.39 is 5.60 Å². The fourth-order valence-corrected chi connectivity index (χ4v) is 3.18. The van der Waals surface area contributed by atoms with Gasteiger partial charge >= 0.3 is 0 Å². The van der Waals surface area contributed by atoms with E-state index in [1.807, 2.05) is 17.8 Å². The average Bonchev–Trinajstić information content (AvgIpc) is 2.65. The third kappa shape index (κ3) is 1.77. The fraction of sp³-hybridized carbons (Fsp3) is 0.769. The quantitative estimate of drug-likeness (QED) is 0.834. The van der Waals surface area contributed by atoms with E-state index in [1.54, 1.807) is 6.20 Å². The summed E-state index contributed by atoms with van der Waals surface area (Å²) in [6.45, 7) is 4.41. The highest BCUT2D eigenvalue weighted by Crippen LogP contribution is 2.44. The Morgan fingerprint density at radius 1 is 1.50 bits per heavy atom. The van der Waals surface area contributed by atoms with Gasteiger partial charge in [0.15, 0.2) is 0 Å². The van der Waals surface area contributed by atoms with Crippen molar-refractivity contribution in [3.05, 3.63) is 18.0 Å². The summed E-state index contributed by atoms with van der Waals surface area (Å²) in [6.07, 6.45) is 6.13. The summed E-state index contributed by atoms with van der Waals surface area (Å²) in [5.74, 6) is 0.872. The molecule has 90 valence electrons. The molecule has 1 aromatic rings. The third-order valence-electron chi connectivity index (χ3n) is 4.01. The molecule has 0 aromatic carbocycles. The molecule has 1 saturated carbocycles. The van der Waals surface area contributed by atoms with Gasteiger partial charge in [0.05, 0.1) is 5.69 Å². The Hall–Kier alpha value is -0.830. The van der Waals surface area contributed by atoms with E-state index in [-0.39, 0.29) is 0 Å². The molecular weight excluding hydrogens is 200 g/mol. The molecule has 1 heterocycles. The molecule has 1 aliphatic rings. The van der Waals surface area contributed by atoms with Gasteiger partial charge in [-0.05, 0) is 30.7 Å². The smallest absolute Gasteiger partial charge is 0.109 e. The number of hydrogen-bond acceptors (Lipinski definition) is 2. The molecule has 1 N–H and O–H groups in total. The molecule has 3 heteroatoms. The Bertz CT molecular complexity index is 359. The molecule has 2 unspecified atom stereocenters. The van der Waals surface area contributed by atoms with Crippen molar-refractivity contribution in [1.82, 2.24) is 9.78 Å². The van der Waals surface area contributed by atoms with Crippen LogP contribution in [0.3, 0.4) is 0 Å². The first kappa shape index (κ1) is 11.6. The zero-order valence-corrected chi connectivity index (χ0v) is 10.5. The summed E-state index contributed by atoms with van der Waals surface area (Å²) in [7, 11) is 1.92. The molecule has 3 nitrogen and oxygen atoms in total. The maximum Gasteiger partial charge on any atom is 0.109 e. The van der Waals surface area contributed by atoms with Crippen LogP contribution in [0.4, 0.5) is 0 Å². The predicted molar refractivity (Wildman–Crippen MR) is 63.9 cm³/mol. The van der Waals surface area contributed by atoms with Gasteiger partial charge in [-0.15, -0.1) is 0 Å². The standard InChI is InChI=1S/C13H22N2O/c1-10(2)11-6-4-5-8-13(11,16)12-7-9-14-15(12)3/h7,9-11,16H,4-6,8H2,1-3H3. The Labute approximate surface area is 97.5 Å². The van der Waals surface area contributed by atoms with Crippen molar-refractivity contribution in [3.8, 4) is 0 Å². The molecule has 2 rings (SSSR count). The Morgan fingerprint density at radius 2 is 2.25 bits per heavy atom. The Balaban J connectivity index is 2.37. The highest BCUT2D eigenvalue weighted by Gasteiger charge is 2.43. The van der Waals surface area contributed by atoms with Crippen LogP contribution in [0.25, 0.3) is 0 Å². The monoisotopic (exact) mass is 222 g/mol. The van der Waals surface area contributed by atoms with Crippen LogP contribution in [0.5, 0.6) is 0 Å². The van der Waals surface area contributed by atoms with Crippen LogP contribution in [0.2, 0.25) is 0 Å². The van der Waals surface area contributed by atoms with Gasteiger partial charge < -0.3 is 5.11 Å². The largest absolute Gasteiger partial charge is 0.383 e. The van der Waals surface area contributed by atoms with E-state index in [0.717, 1.165) is 25.0 Å². The summed E-state index contributed by atoms with van der Waals surface area (Å²) in [6, 6.07) is 1.96. The van der Waals surface area contributed by atoms with Gasteiger partial charge in [-0.1, -0.05) is 26.7 Å². The Kier molecular flexibility index (Phi) is 3.06. The van der Waals surface area contributed by atoms with Gasteiger partial charge in [-0.2, -0.15) is 5.10 Å². The zero-order valence-electron chi connectivity index (χ0n) is 10.5. The van der Waals surface area contributed by atoms with Crippen LogP contribution in [0, 0.1) is 11.8 Å². The number of aliphatic hydroxyl groups is 1. The van der Waals surface area contributed by atoms with E-state index in [1.165, 1.54) is 6.42 Å². The van der Waals surface area contributed by atoms with Gasteiger partial charge in [0.2, 0.25) is 0 Å². The van der Waals surface area contributed by atoms with E-state index in [2.05, 4.69) is 18.9 Å². The van der Waals surface area contributed by atoms with Gasteiger partial charge in [-0.25, -0.2) is 0 Å². The minimum absolute atomic E-state index is 0.358. The van der Waals surface area contributed by atoms with E-state index in [0.29, 0.717) is 11.8 Å². The number of nitrogens with zero attached hydrogens (tertiary/aromatic N) is 2. The van der Waals surface area contributed by atoms with Crippen molar-refractivity contribution in [3.63, 3.8) is 0 Å². The van der Waals surface area contributed by atoms with E-state index in [9.17, 15) is 5.11 Å². The van der Waals surface area contributed by atoms with Gasteiger partial charge in [0.1, 0.15) is 5.60 Å². The molecule has 0 spiro atoms. The summed E-state index contributed by atoms with van der Waals surface area (Å²) in [5.41, 5.74) is 0.309. The van der Waals surface area contributed by atoms with Gasteiger partial charge in [0, 0.05) is 13.2 Å². The first-order valence-electron chi connectivity index (χ1n) is 6.26. The third-order valence-corrected chi connectivity index (χ3v) is 4.01. The maximum atomic E-state index is 11.0. The first-order valence-corrected chi connectivity index (χ1v) is 6.26. The summed E-state index contributed by atoms with van der Waals surface area (Å²) in [5, 5.41) is 15.2. The van der Waals surface area contributed by atoms with E-state index in [4.69, 9.17) is 0 Å². The molecule has 16 heavy (non-hydrogen) atoms. The van der Waals surface area contributed by atoms with Crippen LogP contribution in [0.15, 0.2) is 12.3 Å². The maximum absolute atomic E-state index is 11.0. The lowest BCUT2D eigenvalue weighted by molar-refractivity contribution is -0.0779. The first-order chi connectivity index (χ1) is 7.55. The van der Waals surface area contributed by atoms with Crippen molar-refractivity contribution in [1.29, 1.82) is 0 Å². The zero-order chi connectivity index (χ0) is 11.8. The van der Waals surface area contributed by atoms with Crippen LogP contribution in [-0.4, -0.2) is 14.9 Å². The molecule has 0 bridgehead atoms. The summed E-state index contributed by atoms with van der Waals surface area (Å²) in [4.78, 5) is 0. The fourth-order valence-electron chi connectivity index (χ4n) is 3.18. The molecule has 2 atom stereocenters. The number of aryl methyl sites for hydroxylation is 1. The second-order valence-corrected chi connectivity index (χ2v) is 5.36. The highest BCUT2D eigenvalue weighted by atomic mass is 16.3. The molecule has 1 aliphatic carbocycles. The van der Waals surface area contributed by atoms with Gasteiger partial charge in [-0.3, -0.25) is 4.68 Å². The molecule has 1 fully saturated rings. The predicted octanol–water partition coefficient (Wildman–Crippen LogP) is 2.45. The minimum atomic E-state index is -0.669. The van der Waals surface area contributed by atoms with E-state index >= 15 is 0 Å². The van der Waals surface area contributed by atoms with Crippen LogP contribution < -0.4 is 0 Å². The molecular formula is C13H22N2O. The second kappa shape index (κ2) is 4.21. The number of hydrogen-bond donors (Lipinski definition) is 1. The topological polar surface area (TPSA) is 38.1 Å². The normalized spacial score (nSPS) is 30.9. The van der Waals surface area contributed by atoms with Crippen molar-refractivity contribution >= 4 is 0 Å². The van der Waals surface area contributed by atoms with Crippen LogP contribution >= 0.6 is 0 Å². The van der Waals surface area contributed by atoms with Gasteiger partial charge in [0.25, 0.3) is 0 Å².